The quantitative estimate of drug-likeness (QED) is 0.445. The highest BCUT2D eigenvalue weighted by Crippen LogP contribution is 2.26. The van der Waals surface area contributed by atoms with Crippen molar-refractivity contribution in [3.05, 3.63) is 28.3 Å². The molecule has 0 spiro atoms. The lowest BCUT2D eigenvalue weighted by molar-refractivity contribution is -0.384. The van der Waals surface area contributed by atoms with Gasteiger partial charge in [0.05, 0.1) is 4.92 Å². The molecule has 0 fully saturated rings. The molecule has 2 N–H and O–H groups in total. The summed E-state index contributed by atoms with van der Waals surface area (Å²) in [6.45, 7) is 10.5. The fourth-order valence-corrected chi connectivity index (χ4v) is 2.10. The molecule has 0 aliphatic rings. The fourth-order valence-electron chi connectivity index (χ4n) is 2.10. The molecule has 5 nitrogen and oxygen atoms in total. The summed E-state index contributed by atoms with van der Waals surface area (Å²) in [6.07, 6.45) is 2.11. The van der Waals surface area contributed by atoms with Crippen LogP contribution in [0.25, 0.3) is 0 Å². The second-order valence-electron chi connectivity index (χ2n) is 6.39. The maximum atomic E-state index is 11.0. The van der Waals surface area contributed by atoms with Gasteiger partial charge in [-0.1, -0.05) is 27.7 Å². The molecule has 0 aliphatic heterocycles. The Hall–Kier alpha value is -1.78. The summed E-state index contributed by atoms with van der Waals surface area (Å²) in [5.41, 5.74) is 7.17. The van der Waals surface area contributed by atoms with Crippen LogP contribution in [0, 0.1) is 22.0 Å². The lowest BCUT2D eigenvalue weighted by atomic mass is 10.1. The van der Waals surface area contributed by atoms with E-state index >= 15 is 0 Å². The van der Waals surface area contributed by atoms with Crippen molar-refractivity contribution in [2.24, 2.45) is 11.8 Å². The van der Waals surface area contributed by atoms with Gasteiger partial charge in [-0.2, -0.15) is 0 Å². The summed E-state index contributed by atoms with van der Waals surface area (Å²) in [5, 5.41) is 11.0. The zero-order chi connectivity index (χ0) is 16.0. The molecule has 0 bridgehead atoms. The second-order valence-corrected chi connectivity index (χ2v) is 6.39. The van der Waals surface area contributed by atoms with Crippen LogP contribution in [0.5, 0.6) is 0 Å². The molecule has 5 heteroatoms. The van der Waals surface area contributed by atoms with E-state index in [0.717, 1.165) is 31.6 Å². The largest absolute Gasteiger partial charge is 0.398 e. The van der Waals surface area contributed by atoms with Gasteiger partial charge in [0, 0.05) is 36.6 Å². The molecule has 0 radical (unpaired) electrons. The zero-order valence-corrected chi connectivity index (χ0v) is 13.5. The van der Waals surface area contributed by atoms with Crippen LogP contribution in [0.15, 0.2) is 18.2 Å². The Balaban J connectivity index is 2.97. The van der Waals surface area contributed by atoms with Crippen LogP contribution < -0.4 is 10.6 Å². The number of anilines is 2. The zero-order valence-electron chi connectivity index (χ0n) is 13.5. The molecule has 0 amide bonds. The number of hydrogen-bond acceptors (Lipinski definition) is 4. The minimum atomic E-state index is -0.386. The molecule has 0 aromatic heterocycles. The molecule has 0 heterocycles. The average Bonchev–Trinajstić information content (AvgIpc) is 2.37. The molecule has 0 atom stereocenters. The van der Waals surface area contributed by atoms with Crippen LogP contribution in [-0.2, 0) is 0 Å². The van der Waals surface area contributed by atoms with E-state index in [9.17, 15) is 10.1 Å². The lowest BCUT2D eigenvalue weighted by Crippen LogP contribution is -2.27. The van der Waals surface area contributed by atoms with Crippen LogP contribution in [-0.4, -0.2) is 18.0 Å². The SMILES string of the molecule is CC(C)CCN(CCC(C)C)c1cc(N)cc([N+](=O)[O-])c1. The molecule has 0 unspecified atom stereocenters. The van der Waals surface area contributed by atoms with Gasteiger partial charge in [0.1, 0.15) is 0 Å². The van der Waals surface area contributed by atoms with Gasteiger partial charge in [-0.25, -0.2) is 0 Å². The van der Waals surface area contributed by atoms with Crippen molar-refractivity contribution in [2.75, 3.05) is 23.7 Å². The predicted octanol–water partition coefficient (Wildman–Crippen LogP) is 4.08. The number of nitro benzene ring substituents is 1. The highest BCUT2D eigenvalue weighted by atomic mass is 16.6. The third-order valence-corrected chi connectivity index (χ3v) is 3.45. The van der Waals surface area contributed by atoms with Gasteiger partial charge in [-0.15, -0.1) is 0 Å². The number of nitrogen functional groups attached to an aromatic ring is 1. The standard InChI is InChI=1S/C16H27N3O2/c1-12(2)5-7-18(8-6-13(3)4)15-9-14(17)10-16(11-15)19(20)21/h9-13H,5-8,17H2,1-4H3. The highest BCUT2D eigenvalue weighted by Gasteiger charge is 2.14. The first-order valence-electron chi connectivity index (χ1n) is 7.59. The van der Waals surface area contributed by atoms with Gasteiger partial charge in [0.15, 0.2) is 0 Å². The van der Waals surface area contributed by atoms with E-state index in [0.29, 0.717) is 17.5 Å². The maximum Gasteiger partial charge on any atom is 0.273 e. The molecule has 1 aromatic rings. The topological polar surface area (TPSA) is 72.4 Å². The van der Waals surface area contributed by atoms with Crippen LogP contribution in [0.4, 0.5) is 17.1 Å². The summed E-state index contributed by atoms with van der Waals surface area (Å²) in [6, 6.07) is 4.86. The molecule has 0 aliphatic carbocycles. The normalized spacial score (nSPS) is 11.1. The van der Waals surface area contributed by atoms with Crippen molar-refractivity contribution in [2.45, 2.75) is 40.5 Å². The van der Waals surface area contributed by atoms with Crippen molar-refractivity contribution in [1.29, 1.82) is 0 Å². The monoisotopic (exact) mass is 293 g/mol. The summed E-state index contributed by atoms with van der Waals surface area (Å²) in [7, 11) is 0. The van der Waals surface area contributed by atoms with E-state index in [1.54, 1.807) is 6.07 Å². The Kier molecular flexibility index (Phi) is 6.46. The number of nitrogens with zero attached hydrogens (tertiary/aromatic N) is 2. The number of nitro groups is 1. The minimum absolute atomic E-state index is 0.0593. The van der Waals surface area contributed by atoms with Gasteiger partial charge in [0.25, 0.3) is 5.69 Å². The Bertz CT molecular complexity index is 461. The second kappa shape index (κ2) is 7.86. The van der Waals surface area contributed by atoms with Gasteiger partial charge in [-0.05, 0) is 30.7 Å². The van der Waals surface area contributed by atoms with Crippen LogP contribution >= 0.6 is 0 Å². The van der Waals surface area contributed by atoms with Gasteiger partial charge in [-0.3, -0.25) is 10.1 Å². The predicted molar refractivity (Wildman–Crippen MR) is 88.6 cm³/mol. The number of hydrogen-bond donors (Lipinski definition) is 1. The Labute approximate surface area is 127 Å². The van der Waals surface area contributed by atoms with Crippen LogP contribution in [0.2, 0.25) is 0 Å². The number of nitrogens with two attached hydrogens (primary N) is 1. The molecule has 21 heavy (non-hydrogen) atoms. The summed E-state index contributed by atoms with van der Waals surface area (Å²) in [4.78, 5) is 12.8. The summed E-state index contributed by atoms with van der Waals surface area (Å²) >= 11 is 0. The molecule has 118 valence electrons. The van der Waals surface area contributed by atoms with E-state index in [-0.39, 0.29) is 10.6 Å². The van der Waals surface area contributed by atoms with Crippen molar-refractivity contribution < 1.29 is 4.92 Å². The molecule has 0 saturated carbocycles. The number of rotatable bonds is 8. The van der Waals surface area contributed by atoms with Crippen molar-refractivity contribution in [3.63, 3.8) is 0 Å². The molecule has 0 saturated heterocycles. The molecule has 1 rings (SSSR count). The number of benzene rings is 1. The van der Waals surface area contributed by atoms with Crippen molar-refractivity contribution in [3.8, 4) is 0 Å². The third-order valence-electron chi connectivity index (χ3n) is 3.45. The lowest BCUT2D eigenvalue weighted by Gasteiger charge is -2.26. The van der Waals surface area contributed by atoms with Gasteiger partial charge < -0.3 is 10.6 Å². The minimum Gasteiger partial charge on any atom is -0.398 e. The first-order valence-corrected chi connectivity index (χ1v) is 7.59. The van der Waals surface area contributed by atoms with E-state index in [2.05, 4.69) is 32.6 Å². The van der Waals surface area contributed by atoms with E-state index in [1.807, 2.05) is 6.07 Å². The average molecular weight is 293 g/mol. The Morgan fingerprint density at radius 1 is 1.10 bits per heavy atom. The first-order chi connectivity index (χ1) is 9.79. The number of non-ortho nitro benzene ring substituents is 1. The summed E-state index contributed by atoms with van der Waals surface area (Å²) in [5.74, 6) is 1.20. The van der Waals surface area contributed by atoms with E-state index in [1.165, 1.54) is 6.07 Å². The molecular weight excluding hydrogens is 266 g/mol. The smallest absolute Gasteiger partial charge is 0.273 e. The summed E-state index contributed by atoms with van der Waals surface area (Å²) < 4.78 is 0. The highest BCUT2D eigenvalue weighted by molar-refractivity contribution is 5.62. The molecular formula is C16H27N3O2. The van der Waals surface area contributed by atoms with E-state index in [4.69, 9.17) is 5.73 Å². The third kappa shape index (κ3) is 6.02. The van der Waals surface area contributed by atoms with Crippen LogP contribution in [0.1, 0.15) is 40.5 Å². The first kappa shape index (κ1) is 17.3. The van der Waals surface area contributed by atoms with Crippen LogP contribution in [0.3, 0.4) is 0 Å². The fraction of sp³-hybridized carbons (Fsp3) is 0.625. The Morgan fingerprint density at radius 3 is 2.05 bits per heavy atom. The maximum absolute atomic E-state index is 11.0. The van der Waals surface area contributed by atoms with Crippen molar-refractivity contribution >= 4 is 17.1 Å². The molecule has 1 aromatic carbocycles. The van der Waals surface area contributed by atoms with E-state index < -0.39 is 0 Å². The van der Waals surface area contributed by atoms with Crippen molar-refractivity contribution in [1.82, 2.24) is 0 Å². The van der Waals surface area contributed by atoms with Gasteiger partial charge in [0.2, 0.25) is 0 Å². The Morgan fingerprint density at radius 2 is 1.62 bits per heavy atom. The van der Waals surface area contributed by atoms with Gasteiger partial charge >= 0.3 is 0 Å².